The van der Waals surface area contributed by atoms with Crippen molar-refractivity contribution in [2.45, 2.75) is 33.2 Å². The Morgan fingerprint density at radius 1 is 1.37 bits per heavy atom. The summed E-state index contributed by atoms with van der Waals surface area (Å²) in [4.78, 5) is 4.56. The van der Waals surface area contributed by atoms with E-state index in [0.29, 0.717) is 5.92 Å². The molecule has 0 saturated carbocycles. The number of oxazole rings is 1. The summed E-state index contributed by atoms with van der Waals surface area (Å²) in [6.07, 6.45) is 0. The Hall–Kier alpha value is -1.39. The number of nitrogens with zero attached hydrogens (tertiary/aromatic N) is 1. The lowest BCUT2D eigenvalue weighted by molar-refractivity contribution is 0.199. The Kier molecular flexibility index (Phi) is 4.56. The Morgan fingerprint density at radius 2 is 2.16 bits per heavy atom. The molecule has 104 valence electrons. The summed E-state index contributed by atoms with van der Waals surface area (Å²) in [7, 11) is 1.71. The molecule has 0 aliphatic rings. The lowest BCUT2D eigenvalue weighted by Gasteiger charge is -2.05. The van der Waals surface area contributed by atoms with Crippen LogP contribution in [0.5, 0.6) is 0 Å². The first-order valence-corrected chi connectivity index (χ1v) is 6.71. The van der Waals surface area contributed by atoms with Crippen LogP contribution in [0.25, 0.3) is 11.1 Å². The third-order valence-electron chi connectivity index (χ3n) is 3.06. The molecule has 4 heteroatoms. The average molecular weight is 262 g/mol. The van der Waals surface area contributed by atoms with Crippen molar-refractivity contribution < 1.29 is 9.15 Å². The second-order valence-corrected chi connectivity index (χ2v) is 5.14. The van der Waals surface area contributed by atoms with Crippen molar-refractivity contribution in [3.63, 3.8) is 0 Å². The van der Waals surface area contributed by atoms with E-state index in [1.807, 2.05) is 0 Å². The molecular weight excluding hydrogens is 240 g/mol. The maximum absolute atomic E-state index is 5.81. The Labute approximate surface area is 114 Å². The van der Waals surface area contributed by atoms with Crippen LogP contribution in [0.4, 0.5) is 0 Å². The van der Waals surface area contributed by atoms with E-state index in [4.69, 9.17) is 9.15 Å². The minimum atomic E-state index is 0.315. The molecule has 0 aliphatic carbocycles. The summed E-state index contributed by atoms with van der Waals surface area (Å²) in [6, 6.07) is 4.24. The molecule has 1 aromatic heterocycles. The average Bonchev–Trinajstić information content (AvgIpc) is 2.79. The molecule has 0 aliphatic heterocycles. The number of rotatable bonds is 6. The van der Waals surface area contributed by atoms with Crippen LogP contribution >= 0.6 is 0 Å². The molecule has 0 radical (unpaired) electrons. The topological polar surface area (TPSA) is 47.3 Å². The van der Waals surface area contributed by atoms with Gasteiger partial charge >= 0.3 is 0 Å². The maximum atomic E-state index is 5.81. The van der Waals surface area contributed by atoms with Crippen molar-refractivity contribution in [1.29, 1.82) is 0 Å². The number of aryl methyl sites for hydroxylation is 1. The highest BCUT2D eigenvalue weighted by Crippen LogP contribution is 2.25. The third-order valence-corrected chi connectivity index (χ3v) is 3.06. The van der Waals surface area contributed by atoms with Crippen molar-refractivity contribution in [3.8, 4) is 0 Å². The molecule has 2 rings (SSSR count). The summed E-state index contributed by atoms with van der Waals surface area (Å²) in [6.45, 7) is 8.65. The Balaban J connectivity index is 2.18. The fourth-order valence-electron chi connectivity index (χ4n) is 2.05. The molecule has 19 heavy (non-hydrogen) atoms. The fraction of sp³-hybridized carbons (Fsp3) is 0.533. The van der Waals surface area contributed by atoms with Gasteiger partial charge in [0.05, 0.1) is 6.61 Å². The predicted octanol–water partition coefficient (Wildman–Crippen LogP) is 3.00. The van der Waals surface area contributed by atoms with Gasteiger partial charge in [0.2, 0.25) is 0 Å². The van der Waals surface area contributed by atoms with Crippen LogP contribution in [0, 0.1) is 6.92 Å². The lowest BCUT2D eigenvalue weighted by Crippen LogP contribution is -2.18. The molecule has 0 saturated heterocycles. The van der Waals surface area contributed by atoms with Gasteiger partial charge in [-0.2, -0.15) is 0 Å². The van der Waals surface area contributed by atoms with E-state index < -0.39 is 0 Å². The number of ether oxygens (including phenoxy) is 1. The highest BCUT2D eigenvalue weighted by Gasteiger charge is 2.12. The van der Waals surface area contributed by atoms with Crippen LogP contribution in [-0.2, 0) is 11.3 Å². The second kappa shape index (κ2) is 6.17. The summed E-state index contributed by atoms with van der Waals surface area (Å²) in [5.74, 6) is 1.12. The number of fused-ring (bicyclic) bond motifs is 1. The molecule has 0 unspecified atom stereocenters. The fourth-order valence-corrected chi connectivity index (χ4v) is 2.05. The zero-order valence-electron chi connectivity index (χ0n) is 12.1. The smallest absolute Gasteiger partial charge is 0.198 e. The summed E-state index contributed by atoms with van der Waals surface area (Å²) >= 11 is 0. The van der Waals surface area contributed by atoms with Gasteiger partial charge < -0.3 is 14.5 Å². The van der Waals surface area contributed by atoms with Crippen molar-refractivity contribution in [2.24, 2.45) is 0 Å². The van der Waals surface area contributed by atoms with Crippen molar-refractivity contribution in [2.75, 3.05) is 20.3 Å². The molecule has 4 nitrogen and oxygen atoms in total. The number of methoxy groups -OCH3 is 1. The molecule has 1 N–H and O–H groups in total. The van der Waals surface area contributed by atoms with Gasteiger partial charge in [0, 0.05) is 26.1 Å². The predicted molar refractivity (Wildman–Crippen MR) is 76.4 cm³/mol. The first kappa shape index (κ1) is 14.0. The zero-order chi connectivity index (χ0) is 13.8. The molecule has 1 heterocycles. The molecule has 0 spiro atoms. The summed E-state index contributed by atoms with van der Waals surface area (Å²) in [5, 5.41) is 3.34. The number of aromatic nitrogens is 1. The standard InChI is InChI=1S/C15H22N2O2/c1-10(2)15-17-13-8-12(9-16-5-6-18-4)7-11(3)14(13)19-15/h7-8,10,16H,5-6,9H2,1-4H3. The van der Waals surface area contributed by atoms with Gasteiger partial charge in [-0.25, -0.2) is 4.98 Å². The monoisotopic (exact) mass is 262 g/mol. The van der Waals surface area contributed by atoms with Crippen molar-refractivity contribution in [1.82, 2.24) is 10.3 Å². The Bertz CT molecular complexity index is 546. The molecule has 0 bridgehead atoms. The van der Waals surface area contributed by atoms with Crippen LogP contribution in [0.1, 0.15) is 36.8 Å². The van der Waals surface area contributed by atoms with Crippen molar-refractivity contribution in [3.05, 3.63) is 29.2 Å². The van der Waals surface area contributed by atoms with E-state index in [9.17, 15) is 0 Å². The quantitative estimate of drug-likeness (QED) is 0.813. The third kappa shape index (κ3) is 3.33. The normalized spacial score (nSPS) is 11.6. The van der Waals surface area contributed by atoms with Crippen molar-refractivity contribution >= 4 is 11.1 Å². The van der Waals surface area contributed by atoms with Crippen LogP contribution in [0.2, 0.25) is 0 Å². The molecule has 0 fully saturated rings. The van der Waals surface area contributed by atoms with E-state index in [2.05, 4.69) is 43.2 Å². The van der Waals surface area contributed by atoms with E-state index in [0.717, 1.165) is 42.3 Å². The number of hydrogen-bond donors (Lipinski definition) is 1. The highest BCUT2D eigenvalue weighted by atomic mass is 16.5. The molecule has 0 amide bonds. The lowest BCUT2D eigenvalue weighted by atomic mass is 10.1. The van der Waals surface area contributed by atoms with Crippen LogP contribution < -0.4 is 5.32 Å². The summed E-state index contributed by atoms with van der Waals surface area (Å²) < 4.78 is 10.8. The minimum absolute atomic E-state index is 0.315. The van der Waals surface area contributed by atoms with E-state index in [1.54, 1.807) is 7.11 Å². The number of hydrogen-bond acceptors (Lipinski definition) is 4. The first-order chi connectivity index (χ1) is 9.11. The van der Waals surface area contributed by atoms with E-state index in [-0.39, 0.29) is 0 Å². The molecule has 2 aromatic rings. The van der Waals surface area contributed by atoms with Crippen LogP contribution in [-0.4, -0.2) is 25.2 Å². The van der Waals surface area contributed by atoms with Gasteiger partial charge in [0.15, 0.2) is 11.5 Å². The zero-order valence-corrected chi connectivity index (χ0v) is 12.1. The first-order valence-electron chi connectivity index (χ1n) is 6.71. The van der Waals surface area contributed by atoms with E-state index >= 15 is 0 Å². The van der Waals surface area contributed by atoms with Gasteiger partial charge in [0.1, 0.15) is 5.52 Å². The van der Waals surface area contributed by atoms with E-state index in [1.165, 1.54) is 5.56 Å². The summed E-state index contributed by atoms with van der Waals surface area (Å²) in [5.41, 5.74) is 4.22. The highest BCUT2D eigenvalue weighted by molar-refractivity contribution is 5.77. The SMILES string of the molecule is COCCNCc1cc(C)c2oc(C(C)C)nc2c1. The van der Waals surface area contributed by atoms with Gasteiger partial charge in [-0.15, -0.1) is 0 Å². The largest absolute Gasteiger partial charge is 0.440 e. The van der Waals surface area contributed by atoms with Gasteiger partial charge in [-0.1, -0.05) is 19.9 Å². The minimum Gasteiger partial charge on any atom is -0.440 e. The van der Waals surface area contributed by atoms with Crippen LogP contribution in [0.3, 0.4) is 0 Å². The van der Waals surface area contributed by atoms with Gasteiger partial charge in [0.25, 0.3) is 0 Å². The maximum Gasteiger partial charge on any atom is 0.198 e. The second-order valence-electron chi connectivity index (χ2n) is 5.14. The number of nitrogens with one attached hydrogen (secondary N) is 1. The Morgan fingerprint density at radius 3 is 2.84 bits per heavy atom. The molecule has 0 atom stereocenters. The molecular formula is C15H22N2O2. The van der Waals surface area contributed by atoms with Gasteiger partial charge in [-0.05, 0) is 24.1 Å². The van der Waals surface area contributed by atoms with Crippen LogP contribution in [0.15, 0.2) is 16.5 Å². The van der Waals surface area contributed by atoms with Gasteiger partial charge in [-0.3, -0.25) is 0 Å². The molecule has 1 aromatic carbocycles. The number of benzene rings is 1.